The molecule has 0 spiro atoms. The molecule has 186 valence electrons. The summed E-state index contributed by atoms with van der Waals surface area (Å²) in [5, 5.41) is 3.82. The first-order valence-electron chi connectivity index (χ1n) is 11.1. The summed E-state index contributed by atoms with van der Waals surface area (Å²) < 4.78 is 55.0. The smallest absolute Gasteiger partial charge is 0.416 e. The maximum atomic E-state index is 13.0. The Labute approximate surface area is 200 Å². The van der Waals surface area contributed by atoms with Crippen LogP contribution in [0, 0.1) is 0 Å². The molecule has 1 saturated heterocycles. The predicted octanol–water partition coefficient (Wildman–Crippen LogP) is 3.88. The number of rotatable bonds is 8. The quantitative estimate of drug-likeness (QED) is 0.474. The second kappa shape index (κ2) is 10.8. The predicted molar refractivity (Wildman–Crippen MR) is 120 cm³/mol. The molecule has 0 radical (unpaired) electrons. The van der Waals surface area contributed by atoms with Crippen LogP contribution in [0.1, 0.15) is 17.9 Å². The molecule has 1 aliphatic heterocycles. The lowest BCUT2D eigenvalue weighted by molar-refractivity contribution is -0.137. The van der Waals surface area contributed by atoms with Gasteiger partial charge in [-0.05, 0) is 24.3 Å². The van der Waals surface area contributed by atoms with Gasteiger partial charge in [0.05, 0.1) is 32.2 Å². The summed E-state index contributed by atoms with van der Waals surface area (Å²) in [4.78, 5) is 20.6. The van der Waals surface area contributed by atoms with E-state index >= 15 is 0 Å². The summed E-state index contributed by atoms with van der Waals surface area (Å²) >= 11 is 0. The molecule has 0 atom stereocenters. The molecule has 8 nitrogen and oxygen atoms in total. The highest BCUT2D eigenvalue weighted by molar-refractivity contribution is 5.76. The summed E-state index contributed by atoms with van der Waals surface area (Å²) in [6, 6.07) is 12.1. The van der Waals surface area contributed by atoms with E-state index in [0.29, 0.717) is 50.1 Å². The van der Waals surface area contributed by atoms with Gasteiger partial charge in [-0.2, -0.15) is 18.2 Å². The molecule has 1 aromatic heterocycles. The third kappa shape index (κ3) is 6.30. The molecule has 0 saturated carbocycles. The number of aromatic nitrogens is 2. The number of para-hydroxylation sites is 2. The Bertz CT molecular complexity index is 1140. The largest absolute Gasteiger partial charge is 0.493 e. The van der Waals surface area contributed by atoms with E-state index in [1.807, 2.05) is 12.1 Å². The molecule has 3 aromatic rings. The number of nitrogens with zero attached hydrogens (tertiary/aromatic N) is 4. The van der Waals surface area contributed by atoms with E-state index in [9.17, 15) is 18.0 Å². The van der Waals surface area contributed by atoms with Crippen molar-refractivity contribution >= 4 is 5.91 Å². The minimum Gasteiger partial charge on any atom is -0.493 e. The van der Waals surface area contributed by atoms with E-state index in [2.05, 4.69) is 15.0 Å². The highest BCUT2D eigenvalue weighted by Crippen LogP contribution is 2.31. The Balaban J connectivity index is 1.24. The Morgan fingerprint density at radius 3 is 2.51 bits per heavy atom. The standard InChI is InChI=1S/C24H25F3N4O4/c1-33-19-7-2-3-8-20(19)34-14-9-22(32)31-12-10-30(11-13-31)16-21-28-23(29-35-21)17-5-4-6-18(15-17)24(25,26)27/h2-8,15H,9-14,16H2,1H3. The fourth-order valence-corrected chi connectivity index (χ4v) is 3.76. The van der Waals surface area contributed by atoms with E-state index in [0.717, 1.165) is 12.1 Å². The number of carbonyl (C=O) groups is 1. The van der Waals surface area contributed by atoms with Crippen LogP contribution in [0.2, 0.25) is 0 Å². The van der Waals surface area contributed by atoms with E-state index < -0.39 is 11.7 Å². The average Bonchev–Trinajstić information content (AvgIpc) is 3.33. The molecule has 0 aliphatic carbocycles. The highest BCUT2D eigenvalue weighted by atomic mass is 19.4. The van der Waals surface area contributed by atoms with Gasteiger partial charge in [0.25, 0.3) is 0 Å². The van der Waals surface area contributed by atoms with Gasteiger partial charge in [0.2, 0.25) is 17.6 Å². The number of amides is 1. The molecule has 35 heavy (non-hydrogen) atoms. The number of halogens is 3. The number of benzene rings is 2. The van der Waals surface area contributed by atoms with E-state index in [4.69, 9.17) is 14.0 Å². The highest BCUT2D eigenvalue weighted by Gasteiger charge is 2.31. The van der Waals surface area contributed by atoms with Crippen LogP contribution in [0.4, 0.5) is 13.2 Å². The van der Waals surface area contributed by atoms with Crippen molar-refractivity contribution in [3.8, 4) is 22.9 Å². The van der Waals surface area contributed by atoms with Crippen LogP contribution in [0.5, 0.6) is 11.5 Å². The van der Waals surface area contributed by atoms with Gasteiger partial charge >= 0.3 is 6.18 Å². The maximum Gasteiger partial charge on any atom is 0.416 e. The van der Waals surface area contributed by atoms with Gasteiger partial charge in [0, 0.05) is 31.7 Å². The molecular weight excluding hydrogens is 465 g/mol. The summed E-state index contributed by atoms with van der Waals surface area (Å²) in [5.41, 5.74) is -0.531. The van der Waals surface area contributed by atoms with Crippen LogP contribution in [0.15, 0.2) is 53.1 Å². The van der Waals surface area contributed by atoms with Gasteiger partial charge in [-0.3, -0.25) is 9.69 Å². The van der Waals surface area contributed by atoms with E-state index in [-0.39, 0.29) is 30.3 Å². The first-order valence-corrected chi connectivity index (χ1v) is 11.1. The van der Waals surface area contributed by atoms with Crippen LogP contribution in [-0.4, -0.2) is 65.7 Å². The zero-order valence-corrected chi connectivity index (χ0v) is 19.1. The van der Waals surface area contributed by atoms with Crippen LogP contribution in [0.3, 0.4) is 0 Å². The molecule has 11 heteroatoms. The second-order valence-electron chi connectivity index (χ2n) is 8.00. The molecule has 0 N–H and O–H groups in total. The normalized spacial score (nSPS) is 14.7. The Morgan fingerprint density at radius 1 is 1.06 bits per heavy atom. The lowest BCUT2D eigenvalue weighted by Crippen LogP contribution is -2.48. The van der Waals surface area contributed by atoms with Crippen molar-refractivity contribution in [1.29, 1.82) is 0 Å². The Morgan fingerprint density at radius 2 is 1.80 bits per heavy atom. The molecule has 2 aromatic carbocycles. The zero-order valence-electron chi connectivity index (χ0n) is 19.1. The fraction of sp³-hybridized carbons (Fsp3) is 0.375. The minimum absolute atomic E-state index is 0.00386. The van der Waals surface area contributed by atoms with Crippen molar-refractivity contribution < 1.29 is 32.0 Å². The SMILES string of the molecule is COc1ccccc1OCCC(=O)N1CCN(Cc2nc(-c3cccc(C(F)(F)F)c3)no2)CC1. The molecule has 1 aliphatic rings. The molecule has 1 amide bonds. The number of alkyl halides is 3. The lowest BCUT2D eigenvalue weighted by Gasteiger charge is -2.34. The maximum absolute atomic E-state index is 13.0. The number of piperazine rings is 1. The van der Waals surface area contributed by atoms with Crippen molar-refractivity contribution in [2.45, 2.75) is 19.1 Å². The van der Waals surface area contributed by atoms with Gasteiger partial charge in [-0.25, -0.2) is 0 Å². The monoisotopic (exact) mass is 490 g/mol. The van der Waals surface area contributed by atoms with Gasteiger partial charge in [-0.15, -0.1) is 0 Å². The Kier molecular flexibility index (Phi) is 7.54. The molecule has 0 unspecified atom stereocenters. The number of methoxy groups -OCH3 is 1. The summed E-state index contributed by atoms with van der Waals surface area (Å²) in [6.07, 6.45) is -4.19. The van der Waals surface area contributed by atoms with Gasteiger partial charge < -0.3 is 18.9 Å². The number of carbonyl (C=O) groups excluding carboxylic acids is 1. The summed E-state index contributed by atoms with van der Waals surface area (Å²) in [5.74, 6) is 1.63. The Hall–Kier alpha value is -3.60. The van der Waals surface area contributed by atoms with Crippen molar-refractivity contribution in [3.63, 3.8) is 0 Å². The van der Waals surface area contributed by atoms with Crippen molar-refractivity contribution in [1.82, 2.24) is 19.9 Å². The molecule has 1 fully saturated rings. The summed E-state index contributed by atoms with van der Waals surface area (Å²) in [6.45, 7) is 2.91. The molecule has 2 heterocycles. The zero-order chi connectivity index (χ0) is 24.8. The first kappa shape index (κ1) is 24.5. The van der Waals surface area contributed by atoms with Crippen LogP contribution in [-0.2, 0) is 17.5 Å². The minimum atomic E-state index is -4.44. The van der Waals surface area contributed by atoms with Crippen LogP contribution < -0.4 is 9.47 Å². The lowest BCUT2D eigenvalue weighted by atomic mass is 10.1. The molecule has 4 rings (SSSR count). The first-order chi connectivity index (χ1) is 16.8. The average molecular weight is 490 g/mol. The summed E-state index contributed by atoms with van der Waals surface area (Å²) in [7, 11) is 1.56. The molecule has 0 bridgehead atoms. The number of hydrogen-bond donors (Lipinski definition) is 0. The third-order valence-corrected chi connectivity index (χ3v) is 5.64. The van der Waals surface area contributed by atoms with Crippen molar-refractivity contribution in [3.05, 3.63) is 60.0 Å². The second-order valence-corrected chi connectivity index (χ2v) is 8.00. The van der Waals surface area contributed by atoms with Gasteiger partial charge in [0.15, 0.2) is 11.5 Å². The van der Waals surface area contributed by atoms with E-state index in [1.54, 1.807) is 24.1 Å². The number of ether oxygens (including phenoxy) is 2. The molecular formula is C24H25F3N4O4. The van der Waals surface area contributed by atoms with Crippen molar-refractivity contribution in [2.75, 3.05) is 39.9 Å². The van der Waals surface area contributed by atoms with Crippen LogP contribution in [0.25, 0.3) is 11.4 Å². The van der Waals surface area contributed by atoms with Gasteiger partial charge in [-0.1, -0.05) is 29.4 Å². The third-order valence-electron chi connectivity index (χ3n) is 5.64. The number of hydrogen-bond acceptors (Lipinski definition) is 7. The van der Waals surface area contributed by atoms with Crippen LogP contribution >= 0.6 is 0 Å². The fourth-order valence-electron chi connectivity index (χ4n) is 3.76. The van der Waals surface area contributed by atoms with Crippen molar-refractivity contribution in [2.24, 2.45) is 0 Å². The topological polar surface area (TPSA) is 80.9 Å². The van der Waals surface area contributed by atoms with E-state index in [1.165, 1.54) is 12.1 Å². The van der Waals surface area contributed by atoms with Gasteiger partial charge in [0.1, 0.15) is 0 Å².